The molecule has 5 nitrogen and oxygen atoms in total. The molecule has 0 bridgehead atoms. The topological polar surface area (TPSA) is 52.7 Å². The van der Waals surface area contributed by atoms with Gasteiger partial charge in [-0.2, -0.15) is 0 Å². The Morgan fingerprint density at radius 1 is 0.875 bits per heavy atom. The van der Waals surface area contributed by atoms with Crippen LogP contribution in [0, 0.1) is 6.92 Å². The molecule has 32 heavy (non-hydrogen) atoms. The lowest BCUT2D eigenvalue weighted by molar-refractivity contribution is -0.120. The number of amides is 2. The first-order valence-electron chi connectivity index (χ1n) is 9.96. The average molecular weight is 466 g/mol. The summed E-state index contributed by atoms with van der Waals surface area (Å²) in [5.41, 5.74) is 3.97. The van der Waals surface area contributed by atoms with Crippen LogP contribution in [-0.4, -0.2) is 25.9 Å². The molecule has 1 heterocycles. The molecule has 0 atom stereocenters. The van der Waals surface area contributed by atoms with E-state index in [0.29, 0.717) is 27.0 Å². The molecule has 1 N–H and O–H groups in total. The Morgan fingerprint density at radius 2 is 1.59 bits per heavy atom. The van der Waals surface area contributed by atoms with Crippen molar-refractivity contribution in [1.29, 1.82) is 0 Å². The van der Waals surface area contributed by atoms with E-state index in [-0.39, 0.29) is 11.3 Å². The van der Waals surface area contributed by atoms with Crippen LogP contribution in [0.25, 0.3) is 5.57 Å². The minimum absolute atomic E-state index is 0.187. The summed E-state index contributed by atoms with van der Waals surface area (Å²) in [6, 6.07) is 19.5. The highest BCUT2D eigenvalue weighted by Crippen LogP contribution is 2.35. The molecule has 0 radical (unpaired) electrons. The summed E-state index contributed by atoms with van der Waals surface area (Å²) in [6.45, 7) is 1.90. The molecule has 0 saturated heterocycles. The van der Waals surface area contributed by atoms with Crippen LogP contribution in [0.2, 0.25) is 10.0 Å². The number of hydrogen-bond acceptors (Lipinski definition) is 4. The first kappa shape index (κ1) is 21.9. The van der Waals surface area contributed by atoms with E-state index in [1.807, 2.05) is 50.2 Å². The summed E-state index contributed by atoms with van der Waals surface area (Å²) in [7, 11) is 3.80. The van der Waals surface area contributed by atoms with Crippen molar-refractivity contribution >= 4 is 57.7 Å². The van der Waals surface area contributed by atoms with Crippen molar-refractivity contribution in [2.24, 2.45) is 0 Å². The first-order chi connectivity index (χ1) is 15.3. The standard InChI is InChI=1S/C25H21Cl2N3O2/c1-15-7-12-18(13-21(15)27)28-23-22(16-8-10-17(26)11-9-16)24(31)30(25(23)32)20-6-4-5-19(14-20)29(2)3/h4-14,28H,1-3H3. The van der Waals surface area contributed by atoms with Gasteiger partial charge in [0.15, 0.2) is 0 Å². The fraction of sp³-hybridized carbons (Fsp3) is 0.120. The van der Waals surface area contributed by atoms with Crippen LogP contribution in [0.15, 0.2) is 72.4 Å². The first-order valence-corrected chi connectivity index (χ1v) is 10.7. The van der Waals surface area contributed by atoms with Crippen molar-refractivity contribution in [2.75, 3.05) is 29.2 Å². The van der Waals surface area contributed by atoms with Gasteiger partial charge in [0, 0.05) is 35.5 Å². The fourth-order valence-electron chi connectivity index (χ4n) is 3.49. The number of halogens is 2. The Bertz CT molecular complexity index is 1250. The maximum Gasteiger partial charge on any atom is 0.282 e. The van der Waals surface area contributed by atoms with E-state index in [2.05, 4.69) is 5.32 Å². The average Bonchev–Trinajstić information content (AvgIpc) is 3.01. The highest BCUT2D eigenvalue weighted by atomic mass is 35.5. The van der Waals surface area contributed by atoms with Crippen molar-refractivity contribution in [3.8, 4) is 0 Å². The predicted molar refractivity (Wildman–Crippen MR) is 131 cm³/mol. The van der Waals surface area contributed by atoms with Crippen molar-refractivity contribution in [2.45, 2.75) is 6.92 Å². The SMILES string of the molecule is Cc1ccc(NC2=C(c3ccc(Cl)cc3)C(=O)N(c3cccc(N(C)C)c3)C2=O)cc1Cl. The van der Waals surface area contributed by atoms with Gasteiger partial charge in [0.1, 0.15) is 5.70 Å². The summed E-state index contributed by atoms with van der Waals surface area (Å²) in [4.78, 5) is 30.2. The Labute approximate surface area is 196 Å². The zero-order valence-electron chi connectivity index (χ0n) is 17.8. The minimum Gasteiger partial charge on any atom is -0.378 e. The lowest BCUT2D eigenvalue weighted by Crippen LogP contribution is -2.32. The minimum atomic E-state index is -0.437. The largest absolute Gasteiger partial charge is 0.378 e. The normalized spacial score (nSPS) is 13.7. The van der Waals surface area contributed by atoms with Crippen molar-refractivity contribution in [1.82, 2.24) is 0 Å². The molecule has 7 heteroatoms. The molecule has 4 rings (SSSR count). The molecule has 3 aromatic rings. The van der Waals surface area contributed by atoms with Crippen molar-refractivity contribution in [3.63, 3.8) is 0 Å². The number of nitrogens with one attached hydrogen (secondary N) is 1. The van der Waals surface area contributed by atoms with E-state index in [9.17, 15) is 9.59 Å². The highest BCUT2D eigenvalue weighted by Gasteiger charge is 2.40. The summed E-state index contributed by atoms with van der Waals surface area (Å²) in [5.74, 6) is -0.846. The van der Waals surface area contributed by atoms with Crippen LogP contribution >= 0.6 is 23.2 Å². The molecule has 0 aliphatic carbocycles. The number of hydrogen-bond donors (Lipinski definition) is 1. The third kappa shape index (κ3) is 4.09. The van der Waals surface area contributed by atoms with Gasteiger partial charge in [-0.05, 0) is 60.5 Å². The molecule has 3 aromatic carbocycles. The van der Waals surface area contributed by atoms with Crippen LogP contribution in [-0.2, 0) is 9.59 Å². The highest BCUT2D eigenvalue weighted by molar-refractivity contribution is 6.46. The number of aryl methyl sites for hydroxylation is 1. The molecular formula is C25H21Cl2N3O2. The van der Waals surface area contributed by atoms with Crippen molar-refractivity contribution in [3.05, 3.63) is 93.6 Å². The number of carbonyl (C=O) groups is 2. The third-order valence-corrected chi connectivity index (χ3v) is 5.92. The molecule has 0 spiro atoms. The van der Waals surface area contributed by atoms with Crippen LogP contribution in [0.5, 0.6) is 0 Å². The number of rotatable bonds is 5. The van der Waals surface area contributed by atoms with Gasteiger partial charge in [-0.15, -0.1) is 0 Å². The summed E-state index contributed by atoms with van der Waals surface area (Å²) < 4.78 is 0. The van der Waals surface area contributed by atoms with E-state index < -0.39 is 11.8 Å². The van der Waals surface area contributed by atoms with Gasteiger partial charge < -0.3 is 10.2 Å². The number of carbonyl (C=O) groups excluding carboxylic acids is 2. The van der Waals surface area contributed by atoms with Gasteiger partial charge in [-0.25, -0.2) is 4.90 Å². The van der Waals surface area contributed by atoms with Gasteiger partial charge in [-0.3, -0.25) is 9.59 Å². The fourth-order valence-corrected chi connectivity index (χ4v) is 3.80. The van der Waals surface area contributed by atoms with Gasteiger partial charge in [0.2, 0.25) is 0 Å². The summed E-state index contributed by atoms with van der Waals surface area (Å²) in [6.07, 6.45) is 0. The maximum atomic E-state index is 13.5. The van der Waals surface area contributed by atoms with Gasteiger partial charge >= 0.3 is 0 Å². The van der Waals surface area contributed by atoms with E-state index in [0.717, 1.165) is 11.3 Å². The second kappa shape index (κ2) is 8.69. The molecular weight excluding hydrogens is 445 g/mol. The molecule has 0 unspecified atom stereocenters. The van der Waals surface area contributed by atoms with Crippen LogP contribution in [0.3, 0.4) is 0 Å². The number of imide groups is 1. The van der Waals surface area contributed by atoms with E-state index >= 15 is 0 Å². The van der Waals surface area contributed by atoms with E-state index in [1.165, 1.54) is 4.90 Å². The molecule has 1 aliphatic heterocycles. The number of nitrogens with zero attached hydrogens (tertiary/aromatic N) is 2. The molecule has 0 fully saturated rings. The summed E-state index contributed by atoms with van der Waals surface area (Å²) in [5, 5.41) is 4.24. The van der Waals surface area contributed by atoms with Gasteiger partial charge in [0.05, 0.1) is 11.3 Å². The lowest BCUT2D eigenvalue weighted by Gasteiger charge is -2.19. The Balaban J connectivity index is 1.82. The second-order valence-electron chi connectivity index (χ2n) is 7.71. The van der Waals surface area contributed by atoms with E-state index in [1.54, 1.807) is 42.5 Å². The van der Waals surface area contributed by atoms with E-state index in [4.69, 9.17) is 23.2 Å². The van der Waals surface area contributed by atoms with Crippen LogP contribution in [0.4, 0.5) is 17.1 Å². The van der Waals surface area contributed by atoms with Crippen molar-refractivity contribution < 1.29 is 9.59 Å². The maximum absolute atomic E-state index is 13.5. The zero-order chi connectivity index (χ0) is 23.0. The molecule has 0 aromatic heterocycles. The quantitative estimate of drug-likeness (QED) is 0.486. The molecule has 1 aliphatic rings. The Kier molecular flexibility index (Phi) is 5.96. The second-order valence-corrected chi connectivity index (χ2v) is 8.55. The molecule has 2 amide bonds. The van der Waals surface area contributed by atoms with Crippen LogP contribution in [0.1, 0.15) is 11.1 Å². The Morgan fingerprint density at radius 3 is 2.25 bits per heavy atom. The zero-order valence-corrected chi connectivity index (χ0v) is 19.3. The number of anilines is 3. The Hall–Kier alpha value is -3.28. The van der Waals surface area contributed by atoms with Gasteiger partial charge in [-0.1, -0.05) is 47.5 Å². The third-order valence-electron chi connectivity index (χ3n) is 5.26. The lowest BCUT2D eigenvalue weighted by atomic mass is 10.0. The van der Waals surface area contributed by atoms with Crippen LogP contribution < -0.4 is 15.1 Å². The monoisotopic (exact) mass is 465 g/mol. The predicted octanol–water partition coefficient (Wildman–Crippen LogP) is 5.76. The smallest absolute Gasteiger partial charge is 0.282 e. The summed E-state index contributed by atoms with van der Waals surface area (Å²) >= 11 is 12.3. The molecule has 0 saturated carbocycles. The molecule has 162 valence electrons. The van der Waals surface area contributed by atoms with Gasteiger partial charge in [0.25, 0.3) is 11.8 Å². The number of benzene rings is 3.